The van der Waals surface area contributed by atoms with Crippen molar-refractivity contribution in [2.24, 2.45) is 0 Å². The lowest BCUT2D eigenvalue weighted by Gasteiger charge is -2.34. The average molecular weight is 339 g/mol. The molecule has 3 rings (SSSR count). The molecule has 0 atom stereocenters. The van der Waals surface area contributed by atoms with Gasteiger partial charge in [0.25, 0.3) is 0 Å². The molecule has 128 valence electrons. The van der Waals surface area contributed by atoms with Crippen molar-refractivity contribution in [2.45, 2.75) is 26.7 Å². The Morgan fingerprint density at radius 2 is 1.65 bits per heavy atom. The number of aromatic nitrogens is 2. The zero-order valence-electron chi connectivity index (χ0n) is 13.9. The zero-order valence-corrected chi connectivity index (χ0v) is 14.7. The van der Waals surface area contributed by atoms with E-state index in [1.54, 1.807) is 11.2 Å². The summed E-state index contributed by atoms with van der Waals surface area (Å²) in [5, 5.41) is 0. The molecule has 0 aliphatic carbocycles. The molecule has 2 aliphatic heterocycles. The SMILES string of the molecule is CCS(=O)(=O)N1CCN(c2cc(C)nc(N3CCCC3)n2)CC1. The molecule has 0 aromatic carbocycles. The lowest BCUT2D eigenvalue weighted by atomic mass is 10.3. The van der Waals surface area contributed by atoms with Gasteiger partial charge in [0.15, 0.2) is 0 Å². The van der Waals surface area contributed by atoms with Gasteiger partial charge in [-0.3, -0.25) is 0 Å². The minimum Gasteiger partial charge on any atom is -0.354 e. The predicted octanol–water partition coefficient (Wildman–Crippen LogP) is 0.857. The summed E-state index contributed by atoms with van der Waals surface area (Å²) in [6.07, 6.45) is 2.39. The Kier molecular flexibility index (Phi) is 4.72. The first kappa shape index (κ1) is 16.4. The first-order valence-electron chi connectivity index (χ1n) is 8.33. The van der Waals surface area contributed by atoms with E-state index in [1.807, 2.05) is 13.0 Å². The summed E-state index contributed by atoms with van der Waals surface area (Å²) in [6, 6.07) is 1.99. The molecule has 3 heterocycles. The molecule has 2 saturated heterocycles. The van der Waals surface area contributed by atoms with Gasteiger partial charge in [0.05, 0.1) is 5.75 Å². The van der Waals surface area contributed by atoms with Crippen LogP contribution in [0.3, 0.4) is 0 Å². The van der Waals surface area contributed by atoms with Crippen LogP contribution in [-0.2, 0) is 10.0 Å². The molecular weight excluding hydrogens is 314 g/mol. The Morgan fingerprint density at radius 3 is 2.26 bits per heavy atom. The molecule has 1 aromatic rings. The Labute approximate surface area is 138 Å². The molecule has 0 spiro atoms. The molecule has 0 N–H and O–H groups in total. The van der Waals surface area contributed by atoms with Crippen LogP contribution in [0.15, 0.2) is 6.07 Å². The lowest BCUT2D eigenvalue weighted by molar-refractivity contribution is 0.384. The molecule has 0 radical (unpaired) electrons. The van der Waals surface area contributed by atoms with Gasteiger partial charge in [0.2, 0.25) is 16.0 Å². The number of rotatable bonds is 4. The number of anilines is 2. The Morgan fingerprint density at radius 1 is 1.00 bits per heavy atom. The van der Waals surface area contributed by atoms with Crippen LogP contribution in [0.4, 0.5) is 11.8 Å². The van der Waals surface area contributed by atoms with Gasteiger partial charge in [0.1, 0.15) is 5.82 Å². The van der Waals surface area contributed by atoms with Gasteiger partial charge in [-0.1, -0.05) is 0 Å². The normalized spacial score (nSPS) is 20.3. The summed E-state index contributed by atoms with van der Waals surface area (Å²) in [5.74, 6) is 1.88. The topological polar surface area (TPSA) is 69.6 Å². The largest absolute Gasteiger partial charge is 0.354 e. The lowest BCUT2D eigenvalue weighted by Crippen LogP contribution is -2.49. The van der Waals surface area contributed by atoms with Crippen LogP contribution < -0.4 is 9.80 Å². The highest BCUT2D eigenvalue weighted by Gasteiger charge is 2.26. The summed E-state index contributed by atoms with van der Waals surface area (Å²) >= 11 is 0. The standard InChI is InChI=1S/C15H25N5O2S/c1-3-23(21,22)20-10-8-18(9-11-20)14-12-13(2)16-15(17-14)19-6-4-5-7-19/h12H,3-11H2,1-2H3. The van der Waals surface area contributed by atoms with E-state index in [0.717, 1.165) is 30.5 Å². The summed E-state index contributed by atoms with van der Waals surface area (Å²) in [6.45, 7) is 8.12. The summed E-state index contributed by atoms with van der Waals surface area (Å²) in [7, 11) is -3.09. The molecule has 23 heavy (non-hydrogen) atoms. The molecule has 8 heteroatoms. The molecule has 0 bridgehead atoms. The average Bonchev–Trinajstić information content (AvgIpc) is 3.09. The monoisotopic (exact) mass is 339 g/mol. The maximum atomic E-state index is 12.0. The third-order valence-electron chi connectivity index (χ3n) is 4.54. The van der Waals surface area contributed by atoms with E-state index in [0.29, 0.717) is 26.2 Å². The molecule has 2 fully saturated rings. The second kappa shape index (κ2) is 6.60. The number of hydrogen-bond acceptors (Lipinski definition) is 6. The fourth-order valence-corrected chi connectivity index (χ4v) is 4.22. The fourth-order valence-electron chi connectivity index (χ4n) is 3.14. The summed E-state index contributed by atoms with van der Waals surface area (Å²) in [5.41, 5.74) is 0.959. The summed E-state index contributed by atoms with van der Waals surface area (Å²) in [4.78, 5) is 13.7. The quantitative estimate of drug-likeness (QED) is 0.810. The molecular formula is C15H25N5O2S. The van der Waals surface area contributed by atoms with Crippen LogP contribution in [-0.4, -0.2) is 67.7 Å². The van der Waals surface area contributed by atoms with E-state index >= 15 is 0 Å². The molecule has 0 saturated carbocycles. The van der Waals surface area contributed by atoms with Crippen molar-refractivity contribution in [1.82, 2.24) is 14.3 Å². The molecule has 1 aromatic heterocycles. The summed E-state index contributed by atoms with van der Waals surface area (Å²) < 4.78 is 25.5. The van der Waals surface area contributed by atoms with Gasteiger partial charge in [-0.15, -0.1) is 0 Å². The van der Waals surface area contributed by atoms with Crippen LogP contribution in [0.1, 0.15) is 25.5 Å². The Hall–Kier alpha value is -1.41. The van der Waals surface area contributed by atoms with Gasteiger partial charge in [-0.05, 0) is 26.7 Å². The number of nitrogens with zero attached hydrogens (tertiary/aromatic N) is 5. The Bertz CT molecular complexity index is 650. The van der Waals surface area contributed by atoms with Crippen LogP contribution in [0.25, 0.3) is 0 Å². The van der Waals surface area contributed by atoms with E-state index in [4.69, 9.17) is 4.98 Å². The highest BCUT2D eigenvalue weighted by atomic mass is 32.2. The van der Waals surface area contributed by atoms with Crippen molar-refractivity contribution in [3.8, 4) is 0 Å². The Balaban J connectivity index is 1.73. The van der Waals surface area contributed by atoms with Gasteiger partial charge in [-0.2, -0.15) is 9.29 Å². The number of aryl methyl sites for hydroxylation is 1. The second-order valence-electron chi connectivity index (χ2n) is 6.15. The number of piperazine rings is 1. The van der Waals surface area contributed by atoms with E-state index in [9.17, 15) is 8.42 Å². The van der Waals surface area contributed by atoms with Crippen molar-refractivity contribution in [3.05, 3.63) is 11.8 Å². The van der Waals surface area contributed by atoms with Crippen molar-refractivity contribution in [2.75, 3.05) is 54.8 Å². The van der Waals surface area contributed by atoms with E-state index in [1.165, 1.54) is 12.8 Å². The van der Waals surface area contributed by atoms with Crippen LogP contribution >= 0.6 is 0 Å². The predicted molar refractivity (Wildman–Crippen MR) is 91.5 cm³/mol. The van der Waals surface area contributed by atoms with Crippen molar-refractivity contribution in [1.29, 1.82) is 0 Å². The third-order valence-corrected chi connectivity index (χ3v) is 6.42. The van der Waals surface area contributed by atoms with Crippen LogP contribution in [0.5, 0.6) is 0 Å². The van der Waals surface area contributed by atoms with Crippen LogP contribution in [0.2, 0.25) is 0 Å². The second-order valence-corrected chi connectivity index (χ2v) is 8.41. The van der Waals surface area contributed by atoms with Gasteiger partial charge in [0, 0.05) is 51.0 Å². The minimum atomic E-state index is -3.09. The number of hydrogen-bond donors (Lipinski definition) is 0. The van der Waals surface area contributed by atoms with Crippen LogP contribution in [0, 0.1) is 6.92 Å². The molecule has 0 amide bonds. The minimum absolute atomic E-state index is 0.165. The van der Waals surface area contributed by atoms with E-state index in [2.05, 4.69) is 14.8 Å². The van der Waals surface area contributed by atoms with Crippen molar-refractivity contribution in [3.63, 3.8) is 0 Å². The maximum Gasteiger partial charge on any atom is 0.227 e. The van der Waals surface area contributed by atoms with E-state index in [-0.39, 0.29) is 5.75 Å². The molecule has 2 aliphatic rings. The fraction of sp³-hybridized carbons (Fsp3) is 0.733. The van der Waals surface area contributed by atoms with Crippen molar-refractivity contribution >= 4 is 21.8 Å². The zero-order chi connectivity index (χ0) is 16.4. The molecule has 0 unspecified atom stereocenters. The highest BCUT2D eigenvalue weighted by Crippen LogP contribution is 2.22. The first-order valence-corrected chi connectivity index (χ1v) is 9.94. The van der Waals surface area contributed by atoms with E-state index < -0.39 is 10.0 Å². The van der Waals surface area contributed by atoms with Gasteiger partial charge in [-0.25, -0.2) is 13.4 Å². The number of sulfonamides is 1. The molecule has 7 nitrogen and oxygen atoms in total. The first-order chi connectivity index (χ1) is 11.0. The highest BCUT2D eigenvalue weighted by molar-refractivity contribution is 7.89. The van der Waals surface area contributed by atoms with Gasteiger partial charge >= 0.3 is 0 Å². The smallest absolute Gasteiger partial charge is 0.227 e. The maximum absolute atomic E-state index is 12.0. The van der Waals surface area contributed by atoms with Crippen molar-refractivity contribution < 1.29 is 8.42 Å². The van der Waals surface area contributed by atoms with Gasteiger partial charge < -0.3 is 9.80 Å². The third kappa shape index (κ3) is 3.58.